The number of carbonyl (C=O) groups is 1. The molecule has 1 N–H and O–H groups in total. The van der Waals surface area contributed by atoms with Gasteiger partial charge in [-0.1, -0.05) is 48.0 Å². The standard InChI is InChI=1S/C22H17ClN4O/c1-15-14-21(25-22(28)13-11-16-6-2-4-8-18(16)23)27(26-15)20-12-10-17-7-3-5-9-19(17)24-20/h2-14H,1H3,(H,25,28)/b13-11+. The van der Waals surface area contributed by atoms with Crippen molar-refractivity contribution < 1.29 is 4.79 Å². The van der Waals surface area contributed by atoms with Crippen molar-refractivity contribution in [2.24, 2.45) is 0 Å². The fourth-order valence-corrected chi connectivity index (χ4v) is 3.08. The van der Waals surface area contributed by atoms with Crippen LogP contribution in [0, 0.1) is 6.92 Å². The lowest BCUT2D eigenvalue weighted by atomic mass is 10.2. The number of pyridine rings is 1. The third-order valence-electron chi connectivity index (χ3n) is 4.20. The Morgan fingerprint density at radius 2 is 1.86 bits per heavy atom. The molecule has 0 aliphatic heterocycles. The Hall–Kier alpha value is -3.44. The Kier molecular flexibility index (Phi) is 4.91. The van der Waals surface area contributed by atoms with E-state index in [1.54, 1.807) is 22.9 Å². The van der Waals surface area contributed by atoms with Crippen molar-refractivity contribution in [3.8, 4) is 5.82 Å². The molecule has 0 aliphatic rings. The van der Waals surface area contributed by atoms with Gasteiger partial charge in [0.2, 0.25) is 5.91 Å². The third-order valence-corrected chi connectivity index (χ3v) is 4.55. The van der Waals surface area contributed by atoms with Crippen LogP contribution in [0.2, 0.25) is 5.02 Å². The predicted octanol–water partition coefficient (Wildman–Crippen LogP) is 5.03. The van der Waals surface area contributed by atoms with Crippen molar-refractivity contribution in [3.05, 3.63) is 89.1 Å². The molecule has 6 heteroatoms. The average Bonchev–Trinajstić information content (AvgIpc) is 3.07. The van der Waals surface area contributed by atoms with E-state index in [1.165, 1.54) is 6.08 Å². The van der Waals surface area contributed by atoms with Gasteiger partial charge in [-0.15, -0.1) is 0 Å². The first-order valence-electron chi connectivity index (χ1n) is 8.76. The van der Waals surface area contributed by atoms with E-state index >= 15 is 0 Å². The van der Waals surface area contributed by atoms with E-state index < -0.39 is 0 Å². The molecule has 1 amide bonds. The van der Waals surface area contributed by atoms with Gasteiger partial charge < -0.3 is 5.32 Å². The summed E-state index contributed by atoms with van der Waals surface area (Å²) in [5, 5.41) is 8.96. The van der Waals surface area contributed by atoms with E-state index in [9.17, 15) is 4.79 Å². The molecule has 28 heavy (non-hydrogen) atoms. The molecule has 0 fully saturated rings. The van der Waals surface area contributed by atoms with Crippen molar-refractivity contribution in [1.29, 1.82) is 0 Å². The lowest BCUT2D eigenvalue weighted by Crippen LogP contribution is -2.13. The molecule has 0 saturated heterocycles. The Bertz CT molecular complexity index is 1200. The molecule has 2 heterocycles. The fraction of sp³-hybridized carbons (Fsp3) is 0.0455. The van der Waals surface area contributed by atoms with Gasteiger partial charge in [-0.3, -0.25) is 4.79 Å². The average molecular weight is 389 g/mol. The van der Waals surface area contributed by atoms with E-state index in [-0.39, 0.29) is 5.91 Å². The van der Waals surface area contributed by atoms with Crippen LogP contribution in [0.4, 0.5) is 5.82 Å². The molecule has 5 nitrogen and oxygen atoms in total. The van der Waals surface area contributed by atoms with Crippen LogP contribution in [0.1, 0.15) is 11.3 Å². The number of rotatable bonds is 4. The second-order valence-corrected chi connectivity index (χ2v) is 6.70. The number of hydrogen-bond acceptors (Lipinski definition) is 3. The van der Waals surface area contributed by atoms with Gasteiger partial charge >= 0.3 is 0 Å². The Morgan fingerprint density at radius 1 is 1.07 bits per heavy atom. The number of benzene rings is 2. The van der Waals surface area contributed by atoms with E-state index in [0.29, 0.717) is 16.7 Å². The topological polar surface area (TPSA) is 59.8 Å². The highest BCUT2D eigenvalue weighted by Crippen LogP contribution is 2.20. The van der Waals surface area contributed by atoms with Crippen LogP contribution in [-0.4, -0.2) is 20.7 Å². The van der Waals surface area contributed by atoms with E-state index in [0.717, 1.165) is 22.2 Å². The number of nitrogens with one attached hydrogen (secondary N) is 1. The number of hydrogen-bond donors (Lipinski definition) is 1. The van der Waals surface area contributed by atoms with Gasteiger partial charge in [0.1, 0.15) is 5.82 Å². The van der Waals surface area contributed by atoms with Crippen molar-refractivity contribution >= 4 is 40.3 Å². The van der Waals surface area contributed by atoms with Gasteiger partial charge in [0.05, 0.1) is 11.2 Å². The van der Waals surface area contributed by atoms with Crippen LogP contribution in [0.15, 0.2) is 72.8 Å². The molecule has 0 radical (unpaired) electrons. The first-order chi connectivity index (χ1) is 13.6. The summed E-state index contributed by atoms with van der Waals surface area (Å²) < 4.78 is 1.63. The van der Waals surface area contributed by atoms with E-state index in [2.05, 4.69) is 15.4 Å². The maximum Gasteiger partial charge on any atom is 0.249 e. The minimum Gasteiger partial charge on any atom is -0.307 e. The SMILES string of the molecule is Cc1cc(NC(=O)/C=C/c2ccccc2Cl)n(-c2ccc3ccccc3n2)n1. The quantitative estimate of drug-likeness (QED) is 0.498. The van der Waals surface area contributed by atoms with E-state index in [1.807, 2.05) is 61.5 Å². The van der Waals surface area contributed by atoms with E-state index in [4.69, 9.17) is 11.6 Å². The second-order valence-electron chi connectivity index (χ2n) is 6.29. The molecule has 138 valence electrons. The number of fused-ring (bicyclic) bond motifs is 1. The van der Waals surface area contributed by atoms with Crippen molar-refractivity contribution in [3.63, 3.8) is 0 Å². The maximum absolute atomic E-state index is 12.4. The number of anilines is 1. The van der Waals surface area contributed by atoms with Gasteiger partial charge in [-0.2, -0.15) is 9.78 Å². The molecule has 2 aromatic carbocycles. The molecule has 0 spiro atoms. The zero-order valence-electron chi connectivity index (χ0n) is 15.1. The van der Waals surface area contributed by atoms with Gasteiger partial charge in [0.25, 0.3) is 0 Å². The Balaban J connectivity index is 1.60. The normalized spacial score (nSPS) is 11.2. The number of amides is 1. The summed E-state index contributed by atoms with van der Waals surface area (Å²) in [4.78, 5) is 17.0. The minimum atomic E-state index is -0.276. The number of aromatic nitrogens is 3. The summed E-state index contributed by atoms with van der Waals surface area (Å²) in [6.07, 6.45) is 3.13. The van der Waals surface area contributed by atoms with Crippen LogP contribution < -0.4 is 5.32 Å². The van der Waals surface area contributed by atoms with Gasteiger partial charge in [0.15, 0.2) is 5.82 Å². The van der Waals surface area contributed by atoms with Gasteiger partial charge in [0, 0.05) is 22.6 Å². The van der Waals surface area contributed by atoms with Crippen LogP contribution >= 0.6 is 11.6 Å². The smallest absolute Gasteiger partial charge is 0.249 e. The highest BCUT2D eigenvalue weighted by molar-refractivity contribution is 6.32. The molecular formula is C22H17ClN4O. The lowest BCUT2D eigenvalue weighted by Gasteiger charge is -2.08. The third kappa shape index (κ3) is 3.80. The summed E-state index contributed by atoms with van der Waals surface area (Å²) >= 11 is 6.12. The molecule has 4 rings (SSSR count). The van der Waals surface area contributed by atoms with Crippen molar-refractivity contribution in [2.75, 3.05) is 5.32 Å². The first kappa shape index (κ1) is 17.9. The maximum atomic E-state index is 12.4. The summed E-state index contributed by atoms with van der Waals surface area (Å²) in [5.74, 6) is 0.910. The molecule has 0 bridgehead atoms. The van der Waals surface area contributed by atoms with Crippen LogP contribution in [0.5, 0.6) is 0 Å². The Labute approximate surface area is 167 Å². The molecule has 0 unspecified atom stereocenters. The minimum absolute atomic E-state index is 0.276. The van der Waals surface area contributed by atoms with Crippen molar-refractivity contribution in [1.82, 2.24) is 14.8 Å². The number of halogens is 1. The predicted molar refractivity (Wildman–Crippen MR) is 113 cm³/mol. The summed E-state index contributed by atoms with van der Waals surface area (Å²) in [7, 11) is 0. The summed E-state index contributed by atoms with van der Waals surface area (Å²) in [6.45, 7) is 1.87. The number of aryl methyl sites for hydroxylation is 1. The fourth-order valence-electron chi connectivity index (χ4n) is 2.88. The molecule has 0 aliphatic carbocycles. The number of nitrogens with zero attached hydrogens (tertiary/aromatic N) is 3. The zero-order chi connectivity index (χ0) is 19.5. The summed E-state index contributed by atoms with van der Waals surface area (Å²) in [6, 6.07) is 20.9. The van der Waals surface area contributed by atoms with Crippen LogP contribution in [-0.2, 0) is 4.79 Å². The van der Waals surface area contributed by atoms with Gasteiger partial charge in [-0.25, -0.2) is 4.98 Å². The molecular weight excluding hydrogens is 372 g/mol. The molecule has 0 saturated carbocycles. The largest absolute Gasteiger partial charge is 0.307 e. The Morgan fingerprint density at radius 3 is 2.71 bits per heavy atom. The zero-order valence-corrected chi connectivity index (χ0v) is 15.9. The second kappa shape index (κ2) is 7.66. The monoisotopic (exact) mass is 388 g/mol. The molecule has 0 atom stereocenters. The van der Waals surface area contributed by atoms with Crippen molar-refractivity contribution in [2.45, 2.75) is 6.92 Å². The number of carbonyl (C=O) groups excluding carboxylic acids is 1. The van der Waals surface area contributed by atoms with Crippen LogP contribution in [0.3, 0.4) is 0 Å². The first-order valence-corrected chi connectivity index (χ1v) is 9.14. The molecule has 2 aromatic heterocycles. The number of para-hydroxylation sites is 1. The van der Waals surface area contributed by atoms with Crippen LogP contribution in [0.25, 0.3) is 22.8 Å². The highest BCUT2D eigenvalue weighted by Gasteiger charge is 2.11. The lowest BCUT2D eigenvalue weighted by molar-refractivity contribution is -0.111. The highest BCUT2D eigenvalue weighted by atomic mass is 35.5. The summed E-state index contributed by atoms with van der Waals surface area (Å²) in [5.41, 5.74) is 2.42. The molecule has 4 aromatic rings. The van der Waals surface area contributed by atoms with Gasteiger partial charge in [-0.05, 0) is 42.8 Å².